The Kier molecular flexibility index (Phi) is 4.48. The molecular formula is C17H18N4O. The van der Waals surface area contributed by atoms with Crippen molar-refractivity contribution in [2.45, 2.75) is 32.8 Å². The van der Waals surface area contributed by atoms with Gasteiger partial charge in [-0.25, -0.2) is 0 Å². The van der Waals surface area contributed by atoms with E-state index in [4.69, 9.17) is 15.3 Å². The van der Waals surface area contributed by atoms with Gasteiger partial charge in [-0.2, -0.15) is 15.5 Å². The molecule has 0 saturated heterocycles. The number of nitriles is 2. The summed E-state index contributed by atoms with van der Waals surface area (Å²) in [7, 11) is 0. The van der Waals surface area contributed by atoms with Crippen LogP contribution in [0.15, 0.2) is 29.3 Å². The van der Waals surface area contributed by atoms with Crippen molar-refractivity contribution in [3.63, 3.8) is 0 Å². The molecule has 1 aliphatic rings. The summed E-state index contributed by atoms with van der Waals surface area (Å²) in [6.45, 7) is 6.73. The molecule has 0 spiro atoms. The molecule has 112 valence electrons. The molecule has 0 N–H and O–H groups in total. The first-order chi connectivity index (χ1) is 10.5. The van der Waals surface area contributed by atoms with Gasteiger partial charge in [0.1, 0.15) is 17.7 Å². The van der Waals surface area contributed by atoms with Crippen LogP contribution < -0.4 is 4.74 Å². The number of nitrogens with zero attached hydrogens (tertiary/aromatic N) is 4. The van der Waals surface area contributed by atoms with Crippen molar-refractivity contribution in [3.8, 4) is 18.0 Å². The van der Waals surface area contributed by atoms with Gasteiger partial charge < -0.3 is 9.64 Å². The van der Waals surface area contributed by atoms with E-state index in [9.17, 15) is 0 Å². The maximum absolute atomic E-state index is 9.12. The third-order valence-corrected chi connectivity index (χ3v) is 3.27. The lowest BCUT2D eigenvalue weighted by Crippen LogP contribution is -2.33. The summed E-state index contributed by atoms with van der Waals surface area (Å²) in [5.74, 6) is 0.730. The second-order valence-corrected chi connectivity index (χ2v) is 5.60. The molecule has 1 aromatic carbocycles. The summed E-state index contributed by atoms with van der Waals surface area (Å²) >= 11 is 0. The molecule has 5 nitrogen and oxygen atoms in total. The normalized spacial score (nSPS) is 15.2. The molecule has 0 atom stereocenters. The van der Waals surface area contributed by atoms with Crippen LogP contribution in [0.5, 0.6) is 5.75 Å². The minimum atomic E-state index is -0.469. The average Bonchev–Trinajstić information content (AvgIpc) is 2.49. The van der Waals surface area contributed by atoms with E-state index in [2.05, 4.69) is 18.0 Å². The molecule has 0 amide bonds. The molecule has 0 radical (unpaired) electrons. The van der Waals surface area contributed by atoms with E-state index >= 15 is 0 Å². The lowest BCUT2D eigenvalue weighted by Gasteiger charge is -2.34. The van der Waals surface area contributed by atoms with Gasteiger partial charge in [0.05, 0.1) is 17.3 Å². The van der Waals surface area contributed by atoms with Crippen molar-refractivity contribution in [1.29, 1.82) is 10.5 Å². The van der Waals surface area contributed by atoms with Crippen molar-refractivity contribution in [2.24, 2.45) is 4.99 Å². The minimum absolute atomic E-state index is 0.469. The molecule has 22 heavy (non-hydrogen) atoms. The zero-order valence-electron chi connectivity index (χ0n) is 13.0. The summed E-state index contributed by atoms with van der Waals surface area (Å²) in [5, 5.41) is 17.8. The third-order valence-electron chi connectivity index (χ3n) is 3.27. The number of benzene rings is 1. The molecule has 1 aromatic rings. The van der Waals surface area contributed by atoms with Gasteiger partial charge in [-0.3, -0.25) is 0 Å². The van der Waals surface area contributed by atoms with Gasteiger partial charge in [-0.05, 0) is 44.5 Å². The van der Waals surface area contributed by atoms with Crippen LogP contribution in [0, 0.1) is 22.8 Å². The Morgan fingerprint density at radius 2 is 2.14 bits per heavy atom. The zero-order valence-corrected chi connectivity index (χ0v) is 13.0. The largest absolute Gasteiger partial charge is 0.483 e. The molecule has 0 aromatic heterocycles. The Labute approximate surface area is 130 Å². The fourth-order valence-corrected chi connectivity index (χ4v) is 2.42. The van der Waals surface area contributed by atoms with Gasteiger partial charge in [-0.15, -0.1) is 0 Å². The van der Waals surface area contributed by atoms with Crippen molar-refractivity contribution in [1.82, 2.24) is 4.90 Å². The molecule has 1 heterocycles. The van der Waals surface area contributed by atoms with E-state index in [1.807, 2.05) is 30.9 Å². The molecule has 2 rings (SSSR count). The Hall–Kier alpha value is -2.79. The van der Waals surface area contributed by atoms with Crippen molar-refractivity contribution < 1.29 is 4.74 Å². The Balaban J connectivity index is 2.56. The molecule has 0 saturated carbocycles. The second-order valence-electron chi connectivity index (χ2n) is 5.60. The van der Waals surface area contributed by atoms with E-state index in [1.165, 1.54) is 6.34 Å². The summed E-state index contributed by atoms with van der Waals surface area (Å²) < 4.78 is 5.96. The van der Waals surface area contributed by atoms with Crippen LogP contribution in [-0.4, -0.2) is 23.4 Å². The smallest absolute Gasteiger partial charge is 0.207 e. The molecule has 0 aliphatic carbocycles. The van der Waals surface area contributed by atoms with Gasteiger partial charge in [0.15, 0.2) is 0 Å². The Bertz CT molecular complexity index is 704. The van der Waals surface area contributed by atoms with Crippen molar-refractivity contribution >= 4 is 12.0 Å². The van der Waals surface area contributed by atoms with Crippen LogP contribution in [0.1, 0.15) is 38.3 Å². The van der Waals surface area contributed by atoms with Crippen LogP contribution in [-0.2, 0) is 0 Å². The van der Waals surface area contributed by atoms with Crippen LogP contribution in [0.2, 0.25) is 0 Å². The maximum Gasteiger partial charge on any atom is 0.207 e. The predicted molar refractivity (Wildman–Crippen MR) is 84.9 cm³/mol. The number of aliphatic imine (C=N–C) groups is 1. The summed E-state index contributed by atoms with van der Waals surface area (Å²) in [6.07, 6.45) is 6.21. The van der Waals surface area contributed by atoms with Crippen LogP contribution in [0.3, 0.4) is 0 Å². The standard InChI is InChI=1S/C17H18N4O/c1-4-7-21(12-20-11-19)15-9-17(2,3)22-16-6-5-13(10-18)8-14(15)16/h5-6,8-9,12H,4,7H2,1-3H3. The summed E-state index contributed by atoms with van der Waals surface area (Å²) in [4.78, 5) is 5.61. The number of rotatable bonds is 4. The average molecular weight is 294 g/mol. The molecular weight excluding hydrogens is 276 g/mol. The first-order valence-electron chi connectivity index (χ1n) is 7.16. The highest BCUT2D eigenvalue weighted by molar-refractivity contribution is 5.81. The SMILES string of the molecule is CCCN(C=NC#N)C1=CC(C)(C)Oc2ccc(C#N)cc21. The summed E-state index contributed by atoms with van der Waals surface area (Å²) in [6, 6.07) is 7.51. The highest BCUT2D eigenvalue weighted by Gasteiger charge is 2.29. The number of hydrogen-bond acceptors (Lipinski definition) is 4. The monoisotopic (exact) mass is 294 g/mol. The van der Waals surface area contributed by atoms with Gasteiger partial charge in [0, 0.05) is 12.1 Å². The van der Waals surface area contributed by atoms with E-state index in [-0.39, 0.29) is 0 Å². The van der Waals surface area contributed by atoms with Gasteiger partial charge in [0.2, 0.25) is 6.19 Å². The minimum Gasteiger partial charge on any atom is -0.483 e. The van der Waals surface area contributed by atoms with Gasteiger partial charge in [0.25, 0.3) is 0 Å². The van der Waals surface area contributed by atoms with E-state index in [1.54, 1.807) is 18.3 Å². The maximum atomic E-state index is 9.12. The van der Waals surface area contributed by atoms with Gasteiger partial charge >= 0.3 is 0 Å². The third kappa shape index (κ3) is 3.27. The molecule has 5 heteroatoms. The Morgan fingerprint density at radius 1 is 1.36 bits per heavy atom. The van der Waals surface area contributed by atoms with Crippen molar-refractivity contribution in [2.75, 3.05) is 6.54 Å². The van der Waals surface area contributed by atoms with Crippen LogP contribution in [0.4, 0.5) is 0 Å². The fourth-order valence-electron chi connectivity index (χ4n) is 2.42. The lowest BCUT2D eigenvalue weighted by atomic mass is 9.97. The molecule has 0 fully saturated rings. The number of ether oxygens (including phenoxy) is 1. The van der Waals surface area contributed by atoms with E-state index in [0.717, 1.165) is 30.0 Å². The second kappa shape index (κ2) is 6.32. The molecule has 0 unspecified atom stereocenters. The van der Waals surface area contributed by atoms with Crippen LogP contribution in [0.25, 0.3) is 5.70 Å². The zero-order chi connectivity index (χ0) is 16.2. The number of fused-ring (bicyclic) bond motifs is 1. The fraction of sp³-hybridized carbons (Fsp3) is 0.353. The topological polar surface area (TPSA) is 72.4 Å². The summed E-state index contributed by atoms with van der Waals surface area (Å²) in [5.41, 5.74) is 1.85. The highest BCUT2D eigenvalue weighted by Crippen LogP contribution is 2.37. The van der Waals surface area contributed by atoms with E-state index < -0.39 is 5.60 Å². The van der Waals surface area contributed by atoms with Crippen LogP contribution >= 0.6 is 0 Å². The quantitative estimate of drug-likeness (QED) is 0.485. The first-order valence-corrected chi connectivity index (χ1v) is 7.16. The lowest BCUT2D eigenvalue weighted by molar-refractivity contribution is 0.156. The van der Waals surface area contributed by atoms with E-state index in [0.29, 0.717) is 5.56 Å². The highest BCUT2D eigenvalue weighted by atomic mass is 16.5. The van der Waals surface area contributed by atoms with Gasteiger partial charge in [-0.1, -0.05) is 6.92 Å². The predicted octanol–water partition coefficient (Wildman–Crippen LogP) is 3.29. The molecule has 1 aliphatic heterocycles. The van der Waals surface area contributed by atoms with Crippen molar-refractivity contribution in [3.05, 3.63) is 35.4 Å². The molecule has 0 bridgehead atoms. The Morgan fingerprint density at radius 3 is 2.77 bits per heavy atom. The first kappa shape index (κ1) is 15.6. The number of hydrogen-bond donors (Lipinski definition) is 0.